The van der Waals surface area contributed by atoms with Crippen LogP contribution >= 0.6 is 12.4 Å². The molecule has 1 aliphatic carbocycles. The summed E-state index contributed by atoms with van der Waals surface area (Å²) in [7, 11) is 0. The highest BCUT2D eigenvalue weighted by Crippen LogP contribution is 2.27. The lowest BCUT2D eigenvalue weighted by Crippen LogP contribution is -2.21. The van der Waals surface area contributed by atoms with Crippen molar-refractivity contribution >= 4 is 18.2 Å². The van der Waals surface area contributed by atoms with Crippen LogP contribution in [0.25, 0.3) is 0 Å². The second kappa shape index (κ2) is 3.90. The molecule has 0 radical (unpaired) electrons. The Morgan fingerprint density at radius 2 is 2.00 bits per heavy atom. The second-order valence-corrected chi connectivity index (χ2v) is 3.16. The molecular weight excluding hydrogens is 186 g/mol. The average Bonchev–Trinajstić information content (AvgIpc) is 2.12. The Hall–Kier alpha value is -0.860. The zero-order valence-corrected chi connectivity index (χ0v) is 8.01. The normalized spacial score (nSPS) is 20.4. The third-order valence-corrected chi connectivity index (χ3v) is 2.34. The van der Waals surface area contributed by atoms with E-state index in [1.807, 2.05) is 24.3 Å². The van der Waals surface area contributed by atoms with Gasteiger partial charge in [0.25, 0.3) is 0 Å². The van der Waals surface area contributed by atoms with E-state index in [1.54, 1.807) is 0 Å². The van der Waals surface area contributed by atoms with Gasteiger partial charge < -0.3 is 5.73 Å². The number of carbonyl (C=O) groups excluding carboxylic acids is 1. The topological polar surface area (TPSA) is 43.1 Å². The van der Waals surface area contributed by atoms with Crippen LogP contribution in [-0.4, -0.2) is 5.78 Å². The maximum Gasteiger partial charge on any atom is 0.163 e. The van der Waals surface area contributed by atoms with Crippen molar-refractivity contribution in [1.29, 1.82) is 0 Å². The van der Waals surface area contributed by atoms with E-state index in [2.05, 4.69) is 0 Å². The maximum atomic E-state index is 11.4. The summed E-state index contributed by atoms with van der Waals surface area (Å²) in [5.74, 6) is 0.229. The number of ketones is 1. The Morgan fingerprint density at radius 1 is 1.31 bits per heavy atom. The highest BCUT2D eigenvalue weighted by atomic mass is 35.5. The van der Waals surface area contributed by atoms with Gasteiger partial charge in [-0.05, 0) is 12.0 Å². The number of nitrogens with two attached hydrogens (primary N) is 1. The number of rotatable bonds is 0. The van der Waals surface area contributed by atoms with Crippen molar-refractivity contribution in [3.8, 4) is 0 Å². The van der Waals surface area contributed by atoms with Crippen LogP contribution in [0.3, 0.4) is 0 Å². The standard InChI is InChI=1S/C10H11NO.ClH/c11-9-5-6-10(12)8-4-2-1-3-7(8)9;/h1-4,9H,5-6,11H2;1H/t9-;/m1./s1. The van der Waals surface area contributed by atoms with E-state index in [1.165, 1.54) is 0 Å². The predicted octanol–water partition coefficient (Wildman–Crippen LogP) is 2.08. The van der Waals surface area contributed by atoms with Gasteiger partial charge in [-0.1, -0.05) is 24.3 Å². The van der Waals surface area contributed by atoms with Gasteiger partial charge in [0.2, 0.25) is 0 Å². The Balaban J connectivity index is 0.000000845. The maximum absolute atomic E-state index is 11.4. The molecule has 0 aromatic heterocycles. The molecule has 0 saturated heterocycles. The van der Waals surface area contributed by atoms with Crippen LogP contribution in [0.5, 0.6) is 0 Å². The van der Waals surface area contributed by atoms with Gasteiger partial charge in [0, 0.05) is 18.0 Å². The van der Waals surface area contributed by atoms with Crippen molar-refractivity contribution in [2.45, 2.75) is 18.9 Å². The molecule has 0 spiro atoms. The molecule has 0 heterocycles. The summed E-state index contributed by atoms with van der Waals surface area (Å²) in [6.45, 7) is 0. The highest BCUT2D eigenvalue weighted by molar-refractivity contribution is 5.98. The number of hydrogen-bond acceptors (Lipinski definition) is 2. The molecule has 0 fully saturated rings. The summed E-state index contributed by atoms with van der Waals surface area (Å²) in [6, 6.07) is 7.67. The second-order valence-electron chi connectivity index (χ2n) is 3.16. The molecule has 1 aromatic carbocycles. The molecule has 2 N–H and O–H groups in total. The minimum absolute atomic E-state index is 0. The Bertz CT molecular complexity index is 324. The van der Waals surface area contributed by atoms with E-state index in [-0.39, 0.29) is 24.2 Å². The van der Waals surface area contributed by atoms with E-state index in [0.717, 1.165) is 17.5 Å². The molecule has 0 amide bonds. The third kappa shape index (κ3) is 1.74. The van der Waals surface area contributed by atoms with Gasteiger partial charge in [-0.3, -0.25) is 4.79 Å². The number of fused-ring (bicyclic) bond motifs is 1. The van der Waals surface area contributed by atoms with Gasteiger partial charge in [0.05, 0.1) is 0 Å². The molecule has 2 nitrogen and oxygen atoms in total. The molecule has 3 heteroatoms. The molecule has 70 valence electrons. The molecule has 1 aliphatic rings. The monoisotopic (exact) mass is 197 g/mol. The molecule has 1 atom stereocenters. The number of halogens is 1. The SMILES string of the molecule is Cl.N[C@@H]1CCC(=O)c2ccccc21. The molecule has 13 heavy (non-hydrogen) atoms. The quantitative estimate of drug-likeness (QED) is 0.692. The average molecular weight is 198 g/mol. The fourth-order valence-corrected chi connectivity index (χ4v) is 1.65. The molecule has 1 aromatic rings. The molecule has 0 unspecified atom stereocenters. The van der Waals surface area contributed by atoms with Crippen molar-refractivity contribution in [3.63, 3.8) is 0 Å². The minimum Gasteiger partial charge on any atom is -0.324 e. The molecular formula is C10H12ClNO. The van der Waals surface area contributed by atoms with Crippen LogP contribution in [0.1, 0.15) is 34.8 Å². The van der Waals surface area contributed by atoms with E-state index in [9.17, 15) is 4.79 Å². The molecule has 0 aliphatic heterocycles. The first kappa shape index (κ1) is 10.2. The van der Waals surface area contributed by atoms with Gasteiger partial charge in [-0.2, -0.15) is 0 Å². The lowest BCUT2D eigenvalue weighted by Gasteiger charge is -2.20. The molecule has 0 saturated carbocycles. The Kier molecular flexibility index (Phi) is 3.07. The summed E-state index contributed by atoms with van der Waals surface area (Å²) >= 11 is 0. The van der Waals surface area contributed by atoms with Gasteiger partial charge in [0.15, 0.2) is 5.78 Å². The summed E-state index contributed by atoms with van der Waals surface area (Å²) in [6.07, 6.45) is 1.38. The molecule has 0 bridgehead atoms. The van der Waals surface area contributed by atoms with Crippen molar-refractivity contribution < 1.29 is 4.79 Å². The number of benzene rings is 1. The lowest BCUT2D eigenvalue weighted by atomic mass is 9.87. The van der Waals surface area contributed by atoms with E-state index < -0.39 is 0 Å². The van der Waals surface area contributed by atoms with Crippen LogP contribution < -0.4 is 5.73 Å². The summed E-state index contributed by atoms with van der Waals surface area (Å²) < 4.78 is 0. The summed E-state index contributed by atoms with van der Waals surface area (Å²) in [4.78, 5) is 11.4. The summed E-state index contributed by atoms with van der Waals surface area (Å²) in [5, 5.41) is 0. The highest BCUT2D eigenvalue weighted by Gasteiger charge is 2.21. The number of Topliss-reactive ketones (excluding diaryl/α,β-unsaturated/α-hetero) is 1. The number of carbonyl (C=O) groups is 1. The van der Waals surface area contributed by atoms with Crippen molar-refractivity contribution in [2.75, 3.05) is 0 Å². The first-order valence-corrected chi connectivity index (χ1v) is 4.17. The Labute approximate surface area is 83.5 Å². The number of hydrogen-bond donors (Lipinski definition) is 1. The van der Waals surface area contributed by atoms with Crippen LogP contribution in [-0.2, 0) is 0 Å². The zero-order chi connectivity index (χ0) is 8.55. The fraction of sp³-hybridized carbons (Fsp3) is 0.300. The van der Waals surface area contributed by atoms with Crippen molar-refractivity contribution in [3.05, 3.63) is 35.4 Å². The summed E-state index contributed by atoms with van der Waals surface area (Å²) in [5.41, 5.74) is 7.68. The third-order valence-electron chi connectivity index (χ3n) is 2.34. The fourth-order valence-electron chi connectivity index (χ4n) is 1.65. The van der Waals surface area contributed by atoms with E-state index in [4.69, 9.17) is 5.73 Å². The van der Waals surface area contributed by atoms with Gasteiger partial charge in [-0.15, -0.1) is 12.4 Å². The van der Waals surface area contributed by atoms with Crippen molar-refractivity contribution in [2.24, 2.45) is 5.73 Å². The smallest absolute Gasteiger partial charge is 0.163 e. The largest absolute Gasteiger partial charge is 0.324 e. The van der Waals surface area contributed by atoms with E-state index in [0.29, 0.717) is 6.42 Å². The predicted molar refractivity (Wildman–Crippen MR) is 54.2 cm³/mol. The zero-order valence-electron chi connectivity index (χ0n) is 7.19. The first-order chi connectivity index (χ1) is 5.79. The van der Waals surface area contributed by atoms with Gasteiger partial charge >= 0.3 is 0 Å². The van der Waals surface area contributed by atoms with Crippen LogP contribution in [0, 0.1) is 0 Å². The van der Waals surface area contributed by atoms with E-state index >= 15 is 0 Å². The Morgan fingerprint density at radius 3 is 2.69 bits per heavy atom. The van der Waals surface area contributed by atoms with Gasteiger partial charge in [-0.25, -0.2) is 0 Å². The first-order valence-electron chi connectivity index (χ1n) is 4.17. The van der Waals surface area contributed by atoms with Gasteiger partial charge in [0.1, 0.15) is 0 Å². The van der Waals surface area contributed by atoms with Crippen LogP contribution in [0.4, 0.5) is 0 Å². The van der Waals surface area contributed by atoms with Crippen LogP contribution in [0.2, 0.25) is 0 Å². The van der Waals surface area contributed by atoms with Crippen molar-refractivity contribution in [1.82, 2.24) is 0 Å². The minimum atomic E-state index is 0. The lowest BCUT2D eigenvalue weighted by molar-refractivity contribution is 0.0967. The van der Waals surface area contributed by atoms with Crippen LogP contribution in [0.15, 0.2) is 24.3 Å². The molecule has 2 rings (SSSR count).